The van der Waals surface area contributed by atoms with Crippen molar-refractivity contribution in [2.75, 3.05) is 0 Å². The Balaban J connectivity index is 1.73. The van der Waals surface area contributed by atoms with Crippen molar-refractivity contribution >= 4 is 5.91 Å². The highest BCUT2D eigenvalue weighted by molar-refractivity contribution is 5.76. The van der Waals surface area contributed by atoms with Gasteiger partial charge in [0.2, 0.25) is 5.91 Å². The van der Waals surface area contributed by atoms with E-state index in [1.165, 1.54) is 25.7 Å². The van der Waals surface area contributed by atoms with Crippen LogP contribution in [-0.2, 0) is 4.79 Å². The number of carbonyl (C=O) groups is 1. The van der Waals surface area contributed by atoms with E-state index < -0.39 is 0 Å². The fourth-order valence-corrected chi connectivity index (χ4v) is 3.25. The molecule has 2 heterocycles. The molecular weight excluding hydrogens is 212 g/mol. The molecule has 4 atom stereocenters. The van der Waals surface area contributed by atoms with E-state index in [0.717, 1.165) is 6.42 Å². The van der Waals surface area contributed by atoms with Gasteiger partial charge in [0.05, 0.1) is 0 Å². The maximum absolute atomic E-state index is 11.9. The summed E-state index contributed by atoms with van der Waals surface area (Å²) in [7, 11) is 0. The minimum absolute atomic E-state index is 0.214. The van der Waals surface area contributed by atoms with Crippen LogP contribution >= 0.6 is 0 Å². The molecule has 0 spiro atoms. The van der Waals surface area contributed by atoms with Crippen molar-refractivity contribution in [1.29, 1.82) is 0 Å². The van der Waals surface area contributed by atoms with Gasteiger partial charge >= 0.3 is 0 Å². The van der Waals surface area contributed by atoms with Gasteiger partial charge in [-0.25, -0.2) is 0 Å². The maximum Gasteiger partial charge on any atom is 0.220 e. The fourth-order valence-electron chi connectivity index (χ4n) is 3.25. The third-order valence-corrected chi connectivity index (χ3v) is 3.97. The maximum atomic E-state index is 11.9. The molecule has 2 aliphatic heterocycles. The molecule has 0 aromatic carbocycles. The van der Waals surface area contributed by atoms with E-state index in [1.54, 1.807) is 0 Å². The molecule has 0 aromatic heterocycles. The third kappa shape index (κ3) is 3.56. The normalized spacial score (nSPS) is 33.1. The van der Waals surface area contributed by atoms with Crippen LogP contribution in [0, 0.1) is 5.92 Å². The minimum Gasteiger partial charge on any atom is -0.353 e. The van der Waals surface area contributed by atoms with Crippen molar-refractivity contribution < 1.29 is 4.79 Å². The van der Waals surface area contributed by atoms with Crippen LogP contribution in [0.5, 0.6) is 0 Å². The molecule has 1 amide bonds. The summed E-state index contributed by atoms with van der Waals surface area (Å²) in [6.45, 7) is 5.73. The van der Waals surface area contributed by atoms with Crippen molar-refractivity contribution in [1.82, 2.24) is 10.6 Å². The summed E-state index contributed by atoms with van der Waals surface area (Å²) in [5, 5.41) is 6.66. The molecule has 1 unspecified atom stereocenters. The van der Waals surface area contributed by atoms with Gasteiger partial charge in [-0.05, 0) is 44.9 Å². The van der Waals surface area contributed by atoms with Crippen LogP contribution in [0.15, 0.2) is 12.7 Å². The van der Waals surface area contributed by atoms with E-state index in [2.05, 4.69) is 17.2 Å². The Labute approximate surface area is 104 Å². The standard InChI is InChI=1S/C14H24N2O/c1-3-4-10(2)15-14(17)9-11-7-12-5-6-13(8-11)16-12/h3,10-13,16H,1,4-9H2,2H3,(H,15,17)/t10-,11?,12-,13+/m0/s1. The van der Waals surface area contributed by atoms with Crippen molar-refractivity contribution in [3.8, 4) is 0 Å². The predicted molar refractivity (Wildman–Crippen MR) is 69.7 cm³/mol. The fraction of sp³-hybridized carbons (Fsp3) is 0.786. The topological polar surface area (TPSA) is 41.1 Å². The van der Waals surface area contributed by atoms with Gasteiger partial charge in [-0.15, -0.1) is 6.58 Å². The molecule has 0 saturated carbocycles. The molecular formula is C14H24N2O. The van der Waals surface area contributed by atoms with Crippen LogP contribution < -0.4 is 10.6 Å². The zero-order valence-electron chi connectivity index (χ0n) is 10.7. The van der Waals surface area contributed by atoms with E-state index in [1.807, 2.05) is 13.0 Å². The van der Waals surface area contributed by atoms with Gasteiger partial charge in [0, 0.05) is 24.5 Å². The first-order valence-electron chi connectivity index (χ1n) is 6.83. The molecule has 2 aliphatic rings. The van der Waals surface area contributed by atoms with Crippen molar-refractivity contribution in [3.63, 3.8) is 0 Å². The number of carbonyl (C=O) groups excluding carboxylic acids is 1. The van der Waals surface area contributed by atoms with E-state index in [-0.39, 0.29) is 11.9 Å². The summed E-state index contributed by atoms with van der Waals surface area (Å²) in [4.78, 5) is 11.9. The summed E-state index contributed by atoms with van der Waals surface area (Å²) in [6, 6.07) is 1.58. The van der Waals surface area contributed by atoms with Crippen LogP contribution in [0.2, 0.25) is 0 Å². The number of hydrogen-bond donors (Lipinski definition) is 2. The van der Waals surface area contributed by atoms with Crippen LogP contribution in [0.3, 0.4) is 0 Å². The van der Waals surface area contributed by atoms with E-state index in [0.29, 0.717) is 24.4 Å². The number of nitrogens with one attached hydrogen (secondary N) is 2. The Bertz CT molecular complexity index is 278. The first-order valence-corrected chi connectivity index (χ1v) is 6.83. The second kappa shape index (κ2) is 5.67. The Morgan fingerprint density at radius 1 is 1.47 bits per heavy atom. The second-order valence-corrected chi connectivity index (χ2v) is 5.67. The predicted octanol–water partition coefficient (Wildman–Crippen LogP) is 1.99. The molecule has 2 bridgehead atoms. The molecule has 0 aliphatic carbocycles. The number of amides is 1. The molecule has 2 rings (SSSR count). The van der Waals surface area contributed by atoms with E-state index in [4.69, 9.17) is 0 Å². The van der Waals surface area contributed by atoms with E-state index in [9.17, 15) is 4.79 Å². The zero-order valence-corrected chi connectivity index (χ0v) is 10.7. The first-order chi connectivity index (χ1) is 8.17. The van der Waals surface area contributed by atoms with Crippen LogP contribution in [0.25, 0.3) is 0 Å². The molecule has 3 heteroatoms. The quantitative estimate of drug-likeness (QED) is 0.717. The van der Waals surface area contributed by atoms with Gasteiger partial charge in [0.15, 0.2) is 0 Å². The smallest absolute Gasteiger partial charge is 0.220 e. The molecule has 0 aromatic rings. The summed E-state index contributed by atoms with van der Waals surface area (Å²) in [5.74, 6) is 0.801. The SMILES string of the molecule is C=CC[C@H](C)NC(=O)CC1C[C@H]2CC[C@@H](C1)N2. The highest BCUT2D eigenvalue weighted by atomic mass is 16.1. The zero-order chi connectivity index (χ0) is 12.3. The van der Waals surface area contributed by atoms with E-state index >= 15 is 0 Å². The molecule has 2 saturated heterocycles. The number of hydrogen-bond acceptors (Lipinski definition) is 2. The van der Waals surface area contributed by atoms with Crippen LogP contribution in [0.1, 0.15) is 45.4 Å². The Morgan fingerprint density at radius 3 is 2.71 bits per heavy atom. The van der Waals surface area contributed by atoms with Gasteiger partial charge < -0.3 is 10.6 Å². The summed E-state index contributed by atoms with van der Waals surface area (Å²) in [5.41, 5.74) is 0. The minimum atomic E-state index is 0.214. The molecule has 96 valence electrons. The Hall–Kier alpha value is -0.830. The lowest BCUT2D eigenvalue weighted by molar-refractivity contribution is -0.122. The molecule has 3 nitrogen and oxygen atoms in total. The third-order valence-electron chi connectivity index (χ3n) is 3.97. The Kier molecular flexibility index (Phi) is 4.21. The summed E-state index contributed by atoms with van der Waals surface area (Å²) >= 11 is 0. The van der Waals surface area contributed by atoms with Gasteiger partial charge in [-0.2, -0.15) is 0 Å². The van der Waals surface area contributed by atoms with Crippen molar-refractivity contribution in [2.45, 2.75) is 63.6 Å². The van der Waals surface area contributed by atoms with Crippen LogP contribution in [0.4, 0.5) is 0 Å². The molecule has 2 N–H and O–H groups in total. The lowest BCUT2D eigenvalue weighted by Gasteiger charge is -2.29. The summed E-state index contributed by atoms with van der Waals surface area (Å²) < 4.78 is 0. The summed E-state index contributed by atoms with van der Waals surface area (Å²) in [6.07, 6.45) is 8.37. The highest BCUT2D eigenvalue weighted by Crippen LogP contribution is 2.32. The molecule has 17 heavy (non-hydrogen) atoms. The lowest BCUT2D eigenvalue weighted by Crippen LogP contribution is -2.40. The average molecular weight is 236 g/mol. The van der Waals surface area contributed by atoms with Gasteiger partial charge in [0.25, 0.3) is 0 Å². The number of fused-ring (bicyclic) bond motifs is 2. The first kappa shape index (κ1) is 12.6. The number of piperidine rings is 1. The average Bonchev–Trinajstić information content (AvgIpc) is 2.58. The number of rotatable bonds is 5. The lowest BCUT2D eigenvalue weighted by atomic mass is 9.89. The van der Waals surface area contributed by atoms with Crippen molar-refractivity contribution in [2.24, 2.45) is 5.92 Å². The van der Waals surface area contributed by atoms with Crippen molar-refractivity contribution in [3.05, 3.63) is 12.7 Å². The van der Waals surface area contributed by atoms with Gasteiger partial charge in [-0.3, -0.25) is 4.79 Å². The largest absolute Gasteiger partial charge is 0.353 e. The highest BCUT2D eigenvalue weighted by Gasteiger charge is 2.34. The Morgan fingerprint density at radius 2 is 2.12 bits per heavy atom. The monoisotopic (exact) mass is 236 g/mol. The second-order valence-electron chi connectivity index (χ2n) is 5.67. The van der Waals surface area contributed by atoms with Crippen LogP contribution in [-0.4, -0.2) is 24.0 Å². The van der Waals surface area contributed by atoms with Gasteiger partial charge in [-0.1, -0.05) is 6.08 Å². The molecule has 2 fully saturated rings. The van der Waals surface area contributed by atoms with Gasteiger partial charge in [0.1, 0.15) is 0 Å². The molecule has 0 radical (unpaired) electrons.